The zero-order chi connectivity index (χ0) is 29.6. The van der Waals surface area contributed by atoms with Gasteiger partial charge in [0.25, 0.3) is 0 Å². The van der Waals surface area contributed by atoms with Crippen molar-refractivity contribution in [3.05, 3.63) is 131 Å². The SMILES string of the molecule is CN(C)c1ccc(/C=C/c2ccc(NCCSCc3ccccc3)c(CNCC(C)(C)SCc3ccccc3)c2)cc1. The lowest BCUT2D eigenvalue weighted by Gasteiger charge is -2.25. The molecule has 4 aromatic rings. The van der Waals surface area contributed by atoms with Gasteiger partial charge < -0.3 is 15.5 Å². The molecule has 0 bridgehead atoms. The highest BCUT2D eigenvalue weighted by Gasteiger charge is 2.18. The maximum absolute atomic E-state index is 3.76. The number of rotatable bonds is 16. The summed E-state index contributed by atoms with van der Waals surface area (Å²) in [6.45, 7) is 7.37. The molecule has 4 aromatic carbocycles. The fourth-order valence-electron chi connectivity index (χ4n) is 4.54. The van der Waals surface area contributed by atoms with Gasteiger partial charge in [-0.05, 0) is 65.9 Å². The van der Waals surface area contributed by atoms with Gasteiger partial charge >= 0.3 is 0 Å². The highest BCUT2D eigenvalue weighted by molar-refractivity contribution is 7.99. The lowest BCUT2D eigenvalue weighted by molar-refractivity contribution is 0.590. The van der Waals surface area contributed by atoms with E-state index in [9.17, 15) is 0 Å². The molecule has 0 saturated carbocycles. The second-order valence-electron chi connectivity index (χ2n) is 11.3. The average molecular weight is 596 g/mol. The summed E-state index contributed by atoms with van der Waals surface area (Å²) >= 11 is 3.98. The zero-order valence-electron chi connectivity index (χ0n) is 25.5. The van der Waals surface area contributed by atoms with Crippen LogP contribution in [0.15, 0.2) is 103 Å². The Hall–Kier alpha value is -3.12. The van der Waals surface area contributed by atoms with Crippen molar-refractivity contribution in [2.75, 3.05) is 43.2 Å². The van der Waals surface area contributed by atoms with Gasteiger partial charge in [0.05, 0.1) is 0 Å². The van der Waals surface area contributed by atoms with Crippen LogP contribution in [0.4, 0.5) is 11.4 Å². The van der Waals surface area contributed by atoms with Gasteiger partial charge in [-0.3, -0.25) is 0 Å². The highest BCUT2D eigenvalue weighted by atomic mass is 32.2. The van der Waals surface area contributed by atoms with E-state index in [2.05, 4.69) is 159 Å². The van der Waals surface area contributed by atoms with E-state index in [1.54, 1.807) is 0 Å². The van der Waals surface area contributed by atoms with Crippen LogP contribution >= 0.6 is 23.5 Å². The van der Waals surface area contributed by atoms with Crippen LogP contribution in [0.3, 0.4) is 0 Å². The molecule has 0 aliphatic rings. The first-order valence-corrected chi connectivity index (χ1v) is 16.8. The summed E-state index contributed by atoms with van der Waals surface area (Å²) in [6.07, 6.45) is 4.41. The molecule has 0 amide bonds. The first kappa shape index (κ1) is 31.8. The molecule has 4 rings (SSSR count). The van der Waals surface area contributed by atoms with Crippen molar-refractivity contribution in [3.63, 3.8) is 0 Å². The Kier molecular flexibility index (Phi) is 12.5. The third-order valence-electron chi connectivity index (χ3n) is 7.02. The summed E-state index contributed by atoms with van der Waals surface area (Å²) in [5.41, 5.74) is 8.90. The van der Waals surface area contributed by atoms with Gasteiger partial charge in [0, 0.05) is 67.1 Å². The smallest absolute Gasteiger partial charge is 0.0386 e. The molecule has 5 heteroatoms. The zero-order valence-corrected chi connectivity index (χ0v) is 27.1. The van der Waals surface area contributed by atoms with Gasteiger partial charge in [0.1, 0.15) is 0 Å². The molecule has 3 nitrogen and oxygen atoms in total. The Bertz CT molecular complexity index is 1370. The van der Waals surface area contributed by atoms with Crippen LogP contribution in [0.2, 0.25) is 0 Å². The first-order chi connectivity index (χ1) is 20.4. The van der Waals surface area contributed by atoms with Gasteiger partial charge in [0.15, 0.2) is 0 Å². The maximum atomic E-state index is 3.76. The van der Waals surface area contributed by atoms with Gasteiger partial charge in [-0.2, -0.15) is 11.8 Å². The third kappa shape index (κ3) is 10.9. The molecule has 0 atom stereocenters. The van der Waals surface area contributed by atoms with E-state index < -0.39 is 0 Å². The van der Waals surface area contributed by atoms with Crippen LogP contribution in [0.5, 0.6) is 0 Å². The molecule has 0 aromatic heterocycles. The van der Waals surface area contributed by atoms with Crippen LogP contribution < -0.4 is 15.5 Å². The summed E-state index contributed by atoms with van der Waals surface area (Å²) in [5.74, 6) is 3.14. The molecule has 220 valence electrons. The largest absolute Gasteiger partial charge is 0.384 e. The van der Waals surface area contributed by atoms with Crippen molar-refractivity contribution in [1.82, 2.24) is 5.32 Å². The third-order valence-corrected chi connectivity index (χ3v) is 9.45. The van der Waals surface area contributed by atoms with E-state index in [1.807, 2.05) is 23.5 Å². The van der Waals surface area contributed by atoms with Crippen LogP contribution in [0, 0.1) is 0 Å². The topological polar surface area (TPSA) is 27.3 Å². The number of hydrogen-bond donors (Lipinski definition) is 2. The van der Waals surface area contributed by atoms with E-state index in [0.29, 0.717) is 0 Å². The van der Waals surface area contributed by atoms with Crippen molar-refractivity contribution in [2.45, 2.75) is 36.6 Å². The molecule has 0 unspecified atom stereocenters. The van der Waals surface area contributed by atoms with Crippen LogP contribution in [-0.2, 0) is 18.1 Å². The molecule has 0 saturated heterocycles. The van der Waals surface area contributed by atoms with E-state index in [0.717, 1.165) is 36.9 Å². The monoisotopic (exact) mass is 595 g/mol. The Balaban J connectivity index is 1.37. The second-order valence-corrected chi connectivity index (χ2v) is 14.1. The maximum Gasteiger partial charge on any atom is 0.0386 e. The van der Waals surface area contributed by atoms with Gasteiger partial charge in [-0.25, -0.2) is 0 Å². The summed E-state index contributed by atoms with van der Waals surface area (Å²) in [4.78, 5) is 2.13. The number of thioether (sulfide) groups is 2. The number of nitrogens with one attached hydrogen (secondary N) is 2. The van der Waals surface area contributed by atoms with Crippen molar-refractivity contribution >= 4 is 47.1 Å². The number of anilines is 2. The van der Waals surface area contributed by atoms with Crippen molar-refractivity contribution < 1.29 is 0 Å². The number of hydrogen-bond acceptors (Lipinski definition) is 5. The predicted molar refractivity (Wildman–Crippen MR) is 191 cm³/mol. The normalized spacial score (nSPS) is 11.6. The number of nitrogens with zero attached hydrogens (tertiary/aromatic N) is 1. The van der Waals surface area contributed by atoms with Gasteiger partial charge in [-0.1, -0.05) is 91.0 Å². The molecule has 0 spiro atoms. The molecular weight excluding hydrogens is 551 g/mol. The summed E-state index contributed by atoms with van der Waals surface area (Å²) < 4.78 is 0.133. The van der Waals surface area contributed by atoms with Crippen LogP contribution in [-0.4, -0.2) is 37.7 Å². The van der Waals surface area contributed by atoms with E-state index in [1.165, 1.54) is 39.2 Å². The summed E-state index contributed by atoms with van der Waals surface area (Å²) in [6, 6.07) is 36.9. The standard InChI is InChI=1S/C37H45N3S2/c1-37(2,42-28-33-13-9-6-10-14-33)29-38-26-34-25-31(16-15-30-17-20-35(21-18-30)40(3)4)19-22-36(34)39-23-24-41-27-32-11-7-5-8-12-32/h5-22,25,38-39H,23-24,26-29H2,1-4H3/b16-15+. The predicted octanol–water partition coefficient (Wildman–Crippen LogP) is 9.07. The minimum absolute atomic E-state index is 0.133. The van der Waals surface area contributed by atoms with E-state index in [-0.39, 0.29) is 4.75 Å². The Morgan fingerprint density at radius 1 is 0.738 bits per heavy atom. The molecule has 0 aliphatic heterocycles. The Labute approximate surface area is 262 Å². The molecule has 42 heavy (non-hydrogen) atoms. The van der Waals surface area contributed by atoms with Crippen molar-refractivity contribution in [2.24, 2.45) is 0 Å². The first-order valence-electron chi connectivity index (χ1n) is 14.7. The molecule has 0 heterocycles. The molecular formula is C37H45N3S2. The fraction of sp³-hybridized carbons (Fsp3) is 0.297. The molecule has 0 fully saturated rings. The van der Waals surface area contributed by atoms with Crippen LogP contribution in [0.1, 0.15) is 41.7 Å². The van der Waals surface area contributed by atoms with E-state index in [4.69, 9.17) is 0 Å². The minimum atomic E-state index is 0.133. The molecule has 0 radical (unpaired) electrons. The van der Waals surface area contributed by atoms with E-state index >= 15 is 0 Å². The van der Waals surface area contributed by atoms with Crippen molar-refractivity contribution in [1.29, 1.82) is 0 Å². The summed E-state index contributed by atoms with van der Waals surface area (Å²) in [5, 5.41) is 7.48. The lowest BCUT2D eigenvalue weighted by Crippen LogP contribution is -2.32. The molecule has 0 aliphatic carbocycles. The summed E-state index contributed by atoms with van der Waals surface area (Å²) in [7, 11) is 4.14. The van der Waals surface area contributed by atoms with Crippen molar-refractivity contribution in [3.8, 4) is 0 Å². The van der Waals surface area contributed by atoms with Gasteiger partial charge in [0.2, 0.25) is 0 Å². The fourth-order valence-corrected chi connectivity index (χ4v) is 6.31. The minimum Gasteiger partial charge on any atom is -0.384 e. The highest BCUT2D eigenvalue weighted by Crippen LogP contribution is 2.28. The Morgan fingerprint density at radius 2 is 1.36 bits per heavy atom. The second kappa shape index (κ2) is 16.5. The van der Waals surface area contributed by atoms with Gasteiger partial charge in [-0.15, -0.1) is 11.8 Å². The average Bonchev–Trinajstić information content (AvgIpc) is 3.01. The number of benzene rings is 4. The Morgan fingerprint density at radius 3 is 2.02 bits per heavy atom. The lowest BCUT2D eigenvalue weighted by atomic mass is 10.1. The molecule has 2 N–H and O–H groups in total. The quantitative estimate of drug-likeness (QED) is 0.0996. The van der Waals surface area contributed by atoms with Crippen LogP contribution in [0.25, 0.3) is 12.2 Å².